The highest BCUT2D eigenvalue weighted by Gasteiger charge is 2.30. The number of hydrogen-bond acceptors (Lipinski definition) is 7. The summed E-state index contributed by atoms with van der Waals surface area (Å²) >= 11 is 1.44. The number of hydrogen-bond donors (Lipinski definition) is 2. The number of aromatic nitrogens is 1. The van der Waals surface area contributed by atoms with Gasteiger partial charge in [-0.05, 0) is 73.0 Å². The van der Waals surface area contributed by atoms with Crippen molar-refractivity contribution in [3.63, 3.8) is 0 Å². The number of aryl methyl sites for hydroxylation is 1. The first-order valence-corrected chi connectivity index (χ1v) is 14.3. The number of ether oxygens (including phenoxy) is 2. The second-order valence-electron chi connectivity index (χ2n) is 10.2. The topological polar surface area (TPSA) is 97.8 Å². The van der Waals surface area contributed by atoms with Gasteiger partial charge in [0.05, 0.1) is 22.9 Å². The number of aliphatic hydroxyl groups is 1. The summed E-state index contributed by atoms with van der Waals surface area (Å²) in [6, 6.07) is 23.9. The van der Waals surface area contributed by atoms with Crippen molar-refractivity contribution in [2.75, 3.05) is 6.61 Å². The van der Waals surface area contributed by atoms with Crippen LogP contribution in [0.3, 0.4) is 0 Å². The number of amides is 2. The standard InChI is InChI=1S/C33H27FN2O5S/c1-19-5-2-3-8-25(19)33(39)36-32(38)21-7-4-6-20(13-21)14-22-17-41-28-11-10-24(16-26(28)31(22)37)40-18-30-35-27-15-23(34)9-12-29(27)42-30/h2-13,15-16,22,31,37H,14,17-18H2,1H3,(H,36,38,39)/t22-,31-/m1/s1. The van der Waals surface area contributed by atoms with Crippen LogP contribution in [0.25, 0.3) is 10.2 Å². The summed E-state index contributed by atoms with van der Waals surface area (Å²) in [5.41, 5.74) is 3.63. The smallest absolute Gasteiger partial charge is 0.258 e. The molecule has 5 aromatic rings. The molecule has 6 rings (SSSR count). The summed E-state index contributed by atoms with van der Waals surface area (Å²) in [7, 11) is 0. The first-order chi connectivity index (χ1) is 20.3. The van der Waals surface area contributed by atoms with Crippen LogP contribution in [-0.4, -0.2) is 28.5 Å². The van der Waals surface area contributed by atoms with Gasteiger partial charge in [-0.25, -0.2) is 9.37 Å². The van der Waals surface area contributed by atoms with E-state index in [0.29, 0.717) is 51.7 Å². The van der Waals surface area contributed by atoms with Crippen LogP contribution in [-0.2, 0) is 13.0 Å². The van der Waals surface area contributed by atoms with Gasteiger partial charge in [0.25, 0.3) is 11.8 Å². The molecule has 0 saturated heterocycles. The largest absolute Gasteiger partial charge is 0.493 e. The normalized spacial score (nSPS) is 16.0. The summed E-state index contributed by atoms with van der Waals surface area (Å²) in [6.07, 6.45) is -0.358. The van der Waals surface area contributed by atoms with Gasteiger partial charge in [0.2, 0.25) is 0 Å². The monoisotopic (exact) mass is 582 g/mol. The SMILES string of the molecule is Cc1ccccc1C(=O)NC(=O)c1cccc(C[C@@H]2COc3ccc(OCc4nc5cc(F)ccc5s4)cc3[C@@H]2O)c1. The molecule has 42 heavy (non-hydrogen) atoms. The molecule has 2 amide bonds. The number of fused-ring (bicyclic) bond motifs is 2. The zero-order valence-electron chi connectivity index (χ0n) is 22.7. The molecule has 4 aromatic carbocycles. The number of aliphatic hydroxyl groups excluding tert-OH is 1. The second kappa shape index (κ2) is 11.7. The molecule has 0 fully saturated rings. The Kier molecular flexibility index (Phi) is 7.69. The van der Waals surface area contributed by atoms with Gasteiger partial charge < -0.3 is 14.6 Å². The van der Waals surface area contributed by atoms with E-state index < -0.39 is 17.9 Å². The molecule has 1 aliphatic rings. The molecule has 0 spiro atoms. The van der Waals surface area contributed by atoms with Gasteiger partial charge in [0.1, 0.15) is 28.9 Å². The molecule has 7 nitrogen and oxygen atoms in total. The Balaban J connectivity index is 1.11. The summed E-state index contributed by atoms with van der Waals surface area (Å²) in [5.74, 6) is -0.397. The lowest BCUT2D eigenvalue weighted by molar-refractivity contribution is 0.0504. The van der Waals surface area contributed by atoms with E-state index in [1.54, 1.807) is 54.6 Å². The van der Waals surface area contributed by atoms with Gasteiger partial charge in [-0.1, -0.05) is 30.3 Å². The van der Waals surface area contributed by atoms with Gasteiger partial charge in [-0.3, -0.25) is 14.9 Å². The van der Waals surface area contributed by atoms with Gasteiger partial charge in [-0.15, -0.1) is 11.3 Å². The lowest BCUT2D eigenvalue weighted by Gasteiger charge is -2.30. The average Bonchev–Trinajstić information content (AvgIpc) is 3.40. The highest BCUT2D eigenvalue weighted by Crippen LogP contribution is 2.39. The molecular formula is C33H27FN2O5S. The molecule has 2 N–H and O–H groups in total. The first kappa shape index (κ1) is 27.6. The van der Waals surface area contributed by atoms with E-state index in [1.165, 1.54) is 23.5 Å². The van der Waals surface area contributed by atoms with Crippen LogP contribution in [0.2, 0.25) is 0 Å². The van der Waals surface area contributed by atoms with Crippen molar-refractivity contribution in [3.8, 4) is 11.5 Å². The maximum absolute atomic E-state index is 13.5. The highest BCUT2D eigenvalue weighted by molar-refractivity contribution is 7.18. The molecule has 0 unspecified atom stereocenters. The van der Waals surface area contributed by atoms with Crippen molar-refractivity contribution in [3.05, 3.63) is 124 Å². The minimum atomic E-state index is -0.817. The molecule has 0 bridgehead atoms. The van der Waals surface area contributed by atoms with Gasteiger partial charge in [0, 0.05) is 28.7 Å². The Morgan fingerprint density at radius 3 is 2.76 bits per heavy atom. The van der Waals surface area contributed by atoms with Crippen LogP contribution in [0, 0.1) is 18.7 Å². The van der Waals surface area contributed by atoms with Crippen molar-refractivity contribution in [2.24, 2.45) is 5.92 Å². The number of thiazole rings is 1. The van der Waals surface area contributed by atoms with Crippen molar-refractivity contribution < 1.29 is 28.6 Å². The van der Waals surface area contributed by atoms with Crippen molar-refractivity contribution in [1.29, 1.82) is 0 Å². The molecule has 1 aliphatic heterocycles. The molecule has 2 atom stereocenters. The Morgan fingerprint density at radius 2 is 1.90 bits per heavy atom. The van der Waals surface area contributed by atoms with E-state index in [2.05, 4.69) is 10.3 Å². The third-order valence-electron chi connectivity index (χ3n) is 7.26. The number of nitrogens with one attached hydrogen (secondary N) is 1. The lowest BCUT2D eigenvalue weighted by Crippen LogP contribution is -2.31. The maximum Gasteiger partial charge on any atom is 0.258 e. The number of halogens is 1. The zero-order valence-corrected chi connectivity index (χ0v) is 23.5. The zero-order chi connectivity index (χ0) is 29.2. The van der Waals surface area contributed by atoms with E-state index in [-0.39, 0.29) is 18.3 Å². The quantitative estimate of drug-likeness (QED) is 0.223. The number of carbonyl (C=O) groups excluding carboxylic acids is 2. The Hall–Kier alpha value is -4.60. The fraction of sp³-hybridized carbons (Fsp3) is 0.182. The molecule has 0 aliphatic carbocycles. The van der Waals surface area contributed by atoms with Crippen LogP contribution in [0.1, 0.15) is 48.5 Å². The van der Waals surface area contributed by atoms with Crippen molar-refractivity contribution in [2.45, 2.75) is 26.1 Å². The van der Waals surface area contributed by atoms with Gasteiger partial charge in [0.15, 0.2) is 0 Å². The number of imide groups is 1. The molecule has 1 aromatic heterocycles. The van der Waals surface area contributed by atoms with Crippen LogP contribution in [0.5, 0.6) is 11.5 Å². The molecule has 212 valence electrons. The maximum atomic E-state index is 13.5. The van der Waals surface area contributed by atoms with E-state index in [1.807, 2.05) is 25.1 Å². The fourth-order valence-corrected chi connectivity index (χ4v) is 5.92. The van der Waals surface area contributed by atoms with E-state index >= 15 is 0 Å². The van der Waals surface area contributed by atoms with Crippen LogP contribution in [0.15, 0.2) is 84.9 Å². The number of benzene rings is 4. The number of rotatable bonds is 7. The second-order valence-corrected chi connectivity index (χ2v) is 11.3. The van der Waals surface area contributed by atoms with E-state index in [4.69, 9.17) is 9.47 Å². The third-order valence-corrected chi connectivity index (χ3v) is 8.27. The third kappa shape index (κ3) is 5.88. The van der Waals surface area contributed by atoms with E-state index in [0.717, 1.165) is 15.8 Å². The van der Waals surface area contributed by atoms with Crippen LogP contribution >= 0.6 is 11.3 Å². The summed E-state index contributed by atoms with van der Waals surface area (Å²) in [5, 5.41) is 14.4. The summed E-state index contributed by atoms with van der Waals surface area (Å²) in [4.78, 5) is 29.9. The van der Waals surface area contributed by atoms with Gasteiger partial charge in [-0.2, -0.15) is 0 Å². The van der Waals surface area contributed by atoms with Crippen molar-refractivity contribution >= 4 is 33.4 Å². The van der Waals surface area contributed by atoms with E-state index in [9.17, 15) is 19.1 Å². The number of nitrogens with zero attached hydrogens (tertiary/aromatic N) is 1. The van der Waals surface area contributed by atoms with Crippen LogP contribution < -0.4 is 14.8 Å². The summed E-state index contributed by atoms with van der Waals surface area (Å²) in [6.45, 7) is 2.33. The molecular weight excluding hydrogens is 555 g/mol. The number of carbonyl (C=O) groups is 2. The molecule has 9 heteroatoms. The predicted molar refractivity (Wildman–Crippen MR) is 157 cm³/mol. The van der Waals surface area contributed by atoms with Crippen LogP contribution in [0.4, 0.5) is 4.39 Å². The Morgan fingerprint density at radius 1 is 1.05 bits per heavy atom. The molecule has 2 heterocycles. The first-order valence-electron chi connectivity index (χ1n) is 13.5. The summed E-state index contributed by atoms with van der Waals surface area (Å²) < 4.78 is 26.3. The minimum Gasteiger partial charge on any atom is -0.493 e. The highest BCUT2D eigenvalue weighted by atomic mass is 32.1. The minimum absolute atomic E-state index is 0.210. The molecule has 0 radical (unpaired) electrons. The Labute approximate surface area is 245 Å². The lowest BCUT2D eigenvalue weighted by atomic mass is 9.87. The van der Waals surface area contributed by atoms with Gasteiger partial charge >= 0.3 is 0 Å². The fourth-order valence-electron chi connectivity index (χ4n) is 5.06. The molecule has 0 saturated carbocycles. The van der Waals surface area contributed by atoms with Crippen molar-refractivity contribution in [1.82, 2.24) is 10.3 Å². The predicted octanol–water partition coefficient (Wildman–Crippen LogP) is 6.18. The Bertz CT molecular complexity index is 1800. The average molecular weight is 583 g/mol.